The molecule has 6 nitrogen and oxygen atoms in total. The van der Waals surface area contributed by atoms with Crippen molar-refractivity contribution in [1.82, 2.24) is 10.6 Å². The minimum absolute atomic E-state index is 0. The Morgan fingerprint density at radius 3 is 2.79 bits per heavy atom. The van der Waals surface area contributed by atoms with Crippen molar-refractivity contribution in [3.05, 3.63) is 23.8 Å². The summed E-state index contributed by atoms with van der Waals surface area (Å²) in [7, 11) is 0. The topological polar surface area (TPSA) is 64.1 Å². The molecule has 0 bridgehead atoms. The highest BCUT2D eigenvalue weighted by Crippen LogP contribution is 2.40. The zero-order valence-electron chi connectivity index (χ0n) is 13.7. The normalized spacial score (nSPS) is 21.2. The molecule has 1 aromatic rings. The third-order valence-electron chi connectivity index (χ3n) is 4.93. The van der Waals surface area contributed by atoms with Crippen molar-refractivity contribution >= 4 is 29.9 Å². The number of guanidine groups is 1. The molecule has 0 aliphatic carbocycles. The van der Waals surface area contributed by atoms with Gasteiger partial charge in [0, 0.05) is 38.3 Å². The lowest BCUT2D eigenvalue weighted by Gasteiger charge is -2.38. The van der Waals surface area contributed by atoms with Crippen molar-refractivity contribution < 1.29 is 14.2 Å². The molecule has 7 heteroatoms. The Morgan fingerprint density at radius 2 is 2.00 bits per heavy atom. The molecule has 0 saturated carbocycles. The first-order valence-corrected chi connectivity index (χ1v) is 8.36. The Labute approximate surface area is 159 Å². The highest BCUT2D eigenvalue weighted by atomic mass is 127. The van der Waals surface area contributed by atoms with Crippen molar-refractivity contribution in [2.45, 2.75) is 24.7 Å². The lowest BCUT2D eigenvalue weighted by molar-refractivity contribution is 0.0513. The summed E-state index contributed by atoms with van der Waals surface area (Å²) < 4.78 is 16.6. The summed E-state index contributed by atoms with van der Waals surface area (Å²) in [6, 6.07) is 6.31. The first-order chi connectivity index (χ1) is 11.4. The van der Waals surface area contributed by atoms with Gasteiger partial charge in [0.05, 0.1) is 0 Å². The maximum Gasteiger partial charge on any atom is 0.231 e. The third kappa shape index (κ3) is 3.56. The minimum Gasteiger partial charge on any atom is -0.454 e. The van der Waals surface area contributed by atoms with Gasteiger partial charge in [0.1, 0.15) is 0 Å². The molecular formula is C17H24IN3O3. The highest BCUT2D eigenvalue weighted by molar-refractivity contribution is 14.0. The van der Waals surface area contributed by atoms with Gasteiger partial charge in [-0.05, 0) is 37.0 Å². The number of nitrogens with zero attached hydrogens (tertiary/aromatic N) is 1. The van der Waals surface area contributed by atoms with Crippen LogP contribution < -0.4 is 20.1 Å². The molecule has 0 amide bonds. The van der Waals surface area contributed by atoms with E-state index < -0.39 is 0 Å². The van der Waals surface area contributed by atoms with E-state index in [9.17, 15) is 0 Å². The van der Waals surface area contributed by atoms with Gasteiger partial charge in [0.15, 0.2) is 17.5 Å². The number of hydrogen-bond donors (Lipinski definition) is 2. The Kier molecular flexibility index (Phi) is 5.70. The molecule has 1 aromatic carbocycles. The van der Waals surface area contributed by atoms with E-state index in [0.717, 1.165) is 69.6 Å². The van der Waals surface area contributed by atoms with Crippen molar-refractivity contribution in [1.29, 1.82) is 0 Å². The van der Waals surface area contributed by atoms with Gasteiger partial charge in [0.2, 0.25) is 6.79 Å². The van der Waals surface area contributed by atoms with Gasteiger partial charge >= 0.3 is 0 Å². The van der Waals surface area contributed by atoms with E-state index in [1.165, 1.54) is 5.56 Å². The van der Waals surface area contributed by atoms with Crippen molar-refractivity contribution in [3.8, 4) is 11.5 Å². The summed E-state index contributed by atoms with van der Waals surface area (Å²) in [6.45, 7) is 4.63. The number of aliphatic imine (C=N–C) groups is 1. The number of halogens is 1. The van der Waals surface area contributed by atoms with Gasteiger partial charge in [-0.3, -0.25) is 4.99 Å². The molecule has 2 N–H and O–H groups in total. The molecule has 3 aliphatic heterocycles. The Bertz CT molecular complexity index is 603. The van der Waals surface area contributed by atoms with Crippen molar-refractivity contribution in [2.24, 2.45) is 4.99 Å². The molecule has 1 saturated heterocycles. The largest absolute Gasteiger partial charge is 0.454 e. The number of rotatable bonds is 3. The average Bonchev–Trinajstić information content (AvgIpc) is 3.09. The first-order valence-electron chi connectivity index (χ1n) is 8.36. The van der Waals surface area contributed by atoms with Crippen LogP contribution in [0, 0.1) is 0 Å². The number of ether oxygens (including phenoxy) is 3. The lowest BCUT2D eigenvalue weighted by atomic mass is 9.74. The smallest absolute Gasteiger partial charge is 0.231 e. The van der Waals surface area contributed by atoms with E-state index in [-0.39, 0.29) is 29.4 Å². The fraction of sp³-hybridized carbons (Fsp3) is 0.588. The van der Waals surface area contributed by atoms with E-state index in [1.54, 1.807) is 0 Å². The predicted molar refractivity (Wildman–Crippen MR) is 103 cm³/mol. The van der Waals surface area contributed by atoms with Crippen LogP contribution in [0.3, 0.4) is 0 Å². The second-order valence-corrected chi connectivity index (χ2v) is 6.32. The maximum atomic E-state index is 5.60. The maximum absolute atomic E-state index is 5.60. The van der Waals surface area contributed by atoms with Crippen LogP contribution in [0.5, 0.6) is 11.5 Å². The standard InChI is InChI=1S/C17H23N3O3.HI/c1-6-18-16(19-7-1)20-11-17(4-8-21-9-5-17)13-2-3-14-15(10-13)23-12-22-14;/h2-3,10H,1,4-9,11-12H2,(H2,18,19,20);1H. The SMILES string of the molecule is I.c1cc2c(cc1C1(CNC3=NCCCN3)CCOCC1)OCO2. The molecule has 0 spiro atoms. The Balaban J connectivity index is 0.00000169. The van der Waals surface area contributed by atoms with Gasteiger partial charge < -0.3 is 24.8 Å². The average molecular weight is 445 g/mol. The number of fused-ring (bicyclic) bond motifs is 1. The monoisotopic (exact) mass is 445 g/mol. The van der Waals surface area contributed by atoms with Crippen LogP contribution >= 0.6 is 24.0 Å². The van der Waals surface area contributed by atoms with Crippen LogP contribution in [-0.4, -0.2) is 45.6 Å². The van der Waals surface area contributed by atoms with E-state index in [2.05, 4.69) is 27.8 Å². The summed E-state index contributed by atoms with van der Waals surface area (Å²) >= 11 is 0. The van der Waals surface area contributed by atoms with Crippen LogP contribution in [0.1, 0.15) is 24.8 Å². The van der Waals surface area contributed by atoms with Gasteiger partial charge in [-0.15, -0.1) is 24.0 Å². The lowest BCUT2D eigenvalue weighted by Crippen LogP contribution is -2.49. The number of benzene rings is 1. The number of hydrogen-bond acceptors (Lipinski definition) is 6. The quantitative estimate of drug-likeness (QED) is 0.698. The molecule has 24 heavy (non-hydrogen) atoms. The molecule has 4 rings (SSSR count). The molecule has 0 atom stereocenters. The summed E-state index contributed by atoms with van der Waals surface area (Å²) in [4.78, 5) is 4.51. The first kappa shape index (κ1) is 17.6. The van der Waals surface area contributed by atoms with E-state index in [1.807, 2.05) is 6.07 Å². The van der Waals surface area contributed by atoms with Crippen LogP contribution in [-0.2, 0) is 10.2 Å². The summed E-state index contributed by atoms with van der Waals surface area (Å²) in [5, 5.41) is 6.84. The molecule has 1 fully saturated rings. The zero-order valence-corrected chi connectivity index (χ0v) is 16.0. The van der Waals surface area contributed by atoms with Gasteiger partial charge in [-0.25, -0.2) is 0 Å². The summed E-state index contributed by atoms with van der Waals surface area (Å²) in [5.74, 6) is 2.60. The van der Waals surface area contributed by atoms with Gasteiger partial charge in [-0.2, -0.15) is 0 Å². The zero-order chi connectivity index (χ0) is 15.5. The minimum atomic E-state index is 0. The second kappa shape index (κ2) is 7.77. The highest BCUT2D eigenvalue weighted by Gasteiger charge is 2.36. The molecule has 3 aliphatic rings. The summed E-state index contributed by atoms with van der Waals surface area (Å²) in [6.07, 6.45) is 3.09. The third-order valence-corrected chi connectivity index (χ3v) is 4.93. The van der Waals surface area contributed by atoms with E-state index in [4.69, 9.17) is 14.2 Å². The molecule has 132 valence electrons. The fourth-order valence-electron chi connectivity index (χ4n) is 3.46. The molecule has 3 heterocycles. The summed E-state index contributed by atoms with van der Waals surface area (Å²) in [5.41, 5.74) is 1.33. The Morgan fingerprint density at radius 1 is 1.17 bits per heavy atom. The van der Waals surface area contributed by atoms with Crippen LogP contribution in [0.15, 0.2) is 23.2 Å². The predicted octanol–water partition coefficient (Wildman–Crippen LogP) is 2.02. The fourth-order valence-corrected chi connectivity index (χ4v) is 3.46. The van der Waals surface area contributed by atoms with Crippen LogP contribution in [0.4, 0.5) is 0 Å². The number of nitrogens with one attached hydrogen (secondary N) is 2. The van der Waals surface area contributed by atoms with Crippen LogP contribution in [0.25, 0.3) is 0 Å². The van der Waals surface area contributed by atoms with Gasteiger partial charge in [-0.1, -0.05) is 6.07 Å². The molecular weight excluding hydrogens is 421 g/mol. The van der Waals surface area contributed by atoms with Crippen molar-refractivity contribution in [2.75, 3.05) is 39.6 Å². The van der Waals surface area contributed by atoms with Crippen molar-refractivity contribution in [3.63, 3.8) is 0 Å². The molecule has 0 radical (unpaired) electrons. The Hall–Kier alpha value is -1.22. The molecule has 0 aromatic heterocycles. The van der Waals surface area contributed by atoms with E-state index >= 15 is 0 Å². The van der Waals surface area contributed by atoms with E-state index in [0.29, 0.717) is 6.79 Å². The molecule has 0 unspecified atom stereocenters. The van der Waals surface area contributed by atoms with Gasteiger partial charge in [0.25, 0.3) is 0 Å². The van der Waals surface area contributed by atoms with Crippen LogP contribution in [0.2, 0.25) is 0 Å². The second-order valence-electron chi connectivity index (χ2n) is 6.32.